The Hall–Kier alpha value is -1.73. The lowest BCUT2D eigenvalue weighted by molar-refractivity contribution is 0.0990. The Morgan fingerprint density at radius 2 is 2.31 bits per heavy atom. The lowest BCUT2D eigenvalue weighted by atomic mass is 10.0. The summed E-state index contributed by atoms with van der Waals surface area (Å²) in [6.45, 7) is 0. The van der Waals surface area contributed by atoms with E-state index in [1.165, 1.54) is 19.2 Å². The molecule has 0 radical (unpaired) electrons. The molecule has 16 heavy (non-hydrogen) atoms. The van der Waals surface area contributed by atoms with Gasteiger partial charge in [-0.05, 0) is 6.07 Å². The lowest BCUT2D eigenvalue weighted by Gasteiger charge is -2.08. The molecular formula is C11H11ClN2O2. The molecule has 5 heteroatoms. The van der Waals surface area contributed by atoms with Gasteiger partial charge in [0.05, 0.1) is 12.7 Å². The molecule has 0 saturated carbocycles. The summed E-state index contributed by atoms with van der Waals surface area (Å²) in [6, 6.07) is 4.85. The monoisotopic (exact) mass is 238 g/mol. The molecule has 0 aliphatic rings. The van der Waals surface area contributed by atoms with Crippen LogP contribution in [0.2, 0.25) is 0 Å². The van der Waals surface area contributed by atoms with E-state index in [0.29, 0.717) is 17.0 Å². The van der Waals surface area contributed by atoms with Gasteiger partial charge in [-0.15, -0.1) is 11.6 Å². The molecule has 0 saturated heterocycles. The normalized spacial score (nSPS) is 9.56. The van der Waals surface area contributed by atoms with Crippen LogP contribution >= 0.6 is 11.6 Å². The number of ketones is 1. The Kier molecular flexibility index (Phi) is 4.15. The largest absolute Gasteiger partial charge is 0.495 e. The van der Waals surface area contributed by atoms with Crippen LogP contribution in [0.5, 0.6) is 5.75 Å². The van der Waals surface area contributed by atoms with Crippen LogP contribution in [0.3, 0.4) is 0 Å². The van der Waals surface area contributed by atoms with Gasteiger partial charge >= 0.3 is 0 Å². The number of alkyl halides is 1. The Bertz CT molecular complexity index is 452. The SMILES string of the molecule is COc1cc(N)c(C(=O)CCCl)cc1C#N. The number of carbonyl (C=O) groups is 1. The maximum absolute atomic E-state index is 11.6. The minimum atomic E-state index is -0.174. The fraction of sp³-hybridized carbons (Fsp3) is 0.273. The number of ether oxygens (including phenoxy) is 1. The molecule has 0 heterocycles. The van der Waals surface area contributed by atoms with Gasteiger partial charge in [-0.25, -0.2) is 0 Å². The van der Waals surface area contributed by atoms with Crippen LogP contribution in [0, 0.1) is 11.3 Å². The van der Waals surface area contributed by atoms with Crippen molar-refractivity contribution in [1.82, 2.24) is 0 Å². The second-order valence-electron chi connectivity index (χ2n) is 3.11. The number of anilines is 1. The van der Waals surface area contributed by atoms with E-state index in [0.717, 1.165) is 0 Å². The molecule has 0 fully saturated rings. The smallest absolute Gasteiger partial charge is 0.166 e. The summed E-state index contributed by atoms with van der Waals surface area (Å²) < 4.78 is 4.97. The first-order chi connectivity index (χ1) is 7.63. The first kappa shape index (κ1) is 12.3. The van der Waals surface area contributed by atoms with Crippen LogP contribution < -0.4 is 10.5 Å². The maximum atomic E-state index is 11.6. The number of nitrogens with two attached hydrogens (primary N) is 1. The summed E-state index contributed by atoms with van der Waals surface area (Å²) in [5.74, 6) is 0.417. The number of hydrogen-bond donors (Lipinski definition) is 1. The van der Waals surface area contributed by atoms with Crippen molar-refractivity contribution in [3.05, 3.63) is 23.3 Å². The van der Waals surface area contributed by atoms with Crippen molar-refractivity contribution in [2.75, 3.05) is 18.7 Å². The van der Waals surface area contributed by atoms with Gasteiger partial charge < -0.3 is 10.5 Å². The molecule has 0 aromatic heterocycles. The van der Waals surface area contributed by atoms with E-state index in [4.69, 9.17) is 27.3 Å². The topological polar surface area (TPSA) is 76.1 Å². The number of nitrogens with zero attached hydrogens (tertiary/aromatic N) is 1. The number of nitriles is 1. The second-order valence-corrected chi connectivity index (χ2v) is 3.49. The van der Waals surface area contributed by atoms with Crippen molar-refractivity contribution in [3.63, 3.8) is 0 Å². The van der Waals surface area contributed by atoms with Gasteiger partial charge in [0.15, 0.2) is 5.78 Å². The average molecular weight is 239 g/mol. The van der Waals surface area contributed by atoms with Crippen molar-refractivity contribution in [1.29, 1.82) is 5.26 Å². The first-order valence-corrected chi connectivity index (χ1v) is 5.14. The van der Waals surface area contributed by atoms with Gasteiger partial charge in [-0.2, -0.15) is 5.26 Å². The molecule has 0 amide bonds. The number of hydrogen-bond acceptors (Lipinski definition) is 4. The summed E-state index contributed by atoms with van der Waals surface area (Å²) in [7, 11) is 1.44. The van der Waals surface area contributed by atoms with Crippen LogP contribution in [-0.4, -0.2) is 18.8 Å². The standard InChI is InChI=1S/C11H11ClN2O2/c1-16-11-5-9(14)8(4-7(11)6-13)10(15)2-3-12/h4-5H,2-3,14H2,1H3. The van der Waals surface area contributed by atoms with Gasteiger partial charge in [-0.3, -0.25) is 4.79 Å². The Morgan fingerprint density at radius 3 is 2.81 bits per heavy atom. The van der Waals surface area contributed by atoms with E-state index in [9.17, 15) is 4.79 Å². The highest BCUT2D eigenvalue weighted by molar-refractivity contribution is 6.20. The predicted octanol–water partition coefficient (Wildman–Crippen LogP) is 1.96. The molecule has 84 valence electrons. The van der Waals surface area contributed by atoms with E-state index in [1.54, 1.807) is 0 Å². The minimum absolute atomic E-state index is 0.174. The summed E-state index contributed by atoms with van der Waals surface area (Å²) in [6.07, 6.45) is 0.197. The van der Waals surface area contributed by atoms with Gasteiger partial charge in [0, 0.05) is 29.6 Å². The molecule has 0 aliphatic heterocycles. The van der Waals surface area contributed by atoms with E-state index >= 15 is 0 Å². The van der Waals surface area contributed by atoms with Crippen molar-refractivity contribution in [2.45, 2.75) is 6.42 Å². The summed E-state index contributed by atoms with van der Waals surface area (Å²) in [4.78, 5) is 11.6. The fourth-order valence-corrected chi connectivity index (χ4v) is 1.49. The minimum Gasteiger partial charge on any atom is -0.495 e. The zero-order chi connectivity index (χ0) is 12.1. The molecule has 4 nitrogen and oxygen atoms in total. The van der Waals surface area contributed by atoms with Crippen LogP contribution in [0.1, 0.15) is 22.3 Å². The maximum Gasteiger partial charge on any atom is 0.166 e. The van der Waals surface area contributed by atoms with Crippen molar-refractivity contribution in [3.8, 4) is 11.8 Å². The third-order valence-electron chi connectivity index (χ3n) is 2.11. The number of rotatable bonds is 4. The quantitative estimate of drug-likeness (QED) is 0.494. The van der Waals surface area contributed by atoms with Gasteiger partial charge in [0.25, 0.3) is 0 Å². The molecule has 0 aliphatic carbocycles. The van der Waals surface area contributed by atoms with Crippen LogP contribution in [-0.2, 0) is 0 Å². The van der Waals surface area contributed by atoms with E-state index in [1.807, 2.05) is 6.07 Å². The zero-order valence-electron chi connectivity index (χ0n) is 8.79. The number of Topliss-reactive ketones (excluding diaryl/α,β-unsaturated/α-hetero) is 1. The van der Waals surface area contributed by atoms with Crippen molar-refractivity contribution < 1.29 is 9.53 Å². The molecule has 1 rings (SSSR count). The number of halogens is 1. The third-order valence-corrected chi connectivity index (χ3v) is 2.30. The molecule has 0 spiro atoms. The Labute approximate surface area is 98.6 Å². The number of nitrogen functional groups attached to an aromatic ring is 1. The summed E-state index contributed by atoms with van der Waals surface area (Å²) in [5.41, 5.74) is 6.60. The Morgan fingerprint density at radius 1 is 1.62 bits per heavy atom. The first-order valence-electron chi connectivity index (χ1n) is 4.60. The Balaban J connectivity index is 3.22. The number of methoxy groups -OCH3 is 1. The highest BCUT2D eigenvalue weighted by Gasteiger charge is 2.13. The average Bonchev–Trinajstić information content (AvgIpc) is 2.28. The molecule has 2 N–H and O–H groups in total. The molecule has 0 unspecified atom stereocenters. The molecule has 0 atom stereocenters. The highest BCUT2D eigenvalue weighted by atomic mass is 35.5. The number of carbonyl (C=O) groups excluding carboxylic acids is 1. The summed E-state index contributed by atoms with van der Waals surface area (Å²) in [5, 5.41) is 8.87. The highest BCUT2D eigenvalue weighted by Crippen LogP contribution is 2.25. The zero-order valence-corrected chi connectivity index (χ0v) is 9.54. The lowest BCUT2D eigenvalue weighted by Crippen LogP contribution is -2.06. The molecular weight excluding hydrogens is 228 g/mol. The summed E-state index contributed by atoms with van der Waals surface area (Å²) >= 11 is 5.48. The van der Waals surface area contributed by atoms with Crippen molar-refractivity contribution in [2.24, 2.45) is 0 Å². The third kappa shape index (κ3) is 2.44. The van der Waals surface area contributed by atoms with Gasteiger partial charge in [0.2, 0.25) is 0 Å². The molecule has 1 aromatic carbocycles. The second kappa shape index (κ2) is 5.38. The molecule has 1 aromatic rings. The van der Waals surface area contributed by atoms with Gasteiger partial charge in [-0.1, -0.05) is 0 Å². The fourth-order valence-electron chi connectivity index (χ4n) is 1.31. The predicted molar refractivity (Wildman–Crippen MR) is 61.8 cm³/mol. The molecule has 0 bridgehead atoms. The van der Waals surface area contributed by atoms with Gasteiger partial charge in [0.1, 0.15) is 11.8 Å². The van der Waals surface area contributed by atoms with E-state index in [2.05, 4.69) is 0 Å². The van der Waals surface area contributed by atoms with E-state index < -0.39 is 0 Å². The van der Waals surface area contributed by atoms with Crippen LogP contribution in [0.15, 0.2) is 12.1 Å². The van der Waals surface area contributed by atoms with Crippen LogP contribution in [0.4, 0.5) is 5.69 Å². The number of benzene rings is 1. The van der Waals surface area contributed by atoms with Crippen molar-refractivity contribution >= 4 is 23.1 Å². The van der Waals surface area contributed by atoms with E-state index in [-0.39, 0.29) is 23.6 Å². The van der Waals surface area contributed by atoms with Crippen LogP contribution in [0.25, 0.3) is 0 Å².